The fraction of sp³-hybridized carbons (Fsp3) is 0.333. The van der Waals surface area contributed by atoms with Crippen molar-refractivity contribution in [3.63, 3.8) is 0 Å². The molecule has 0 saturated heterocycles. The van der Waals surface area contributed by atoms with Gasteiger partial charge in [0.2, 0.25) is 5.91 Å². The van der Waals surface area contributed by atoms with E-state index in [0.29, 0.717) is 5.69 Å². The van der Waals surface area contributed by atoms with E-state index in [1.54, 1.807) is 31.2 Å². The number of para-hydroxylation sites is 1. The van der Waals surface area contributed by atoms with E-state index >= 15 is 0 Å². The Hall–Kier alpha value is -3.63. The largest absolute Gasteiger partial charge is 0.461 e. The lowest BCUT2D eigenvalue weighted by Gasteiger charge is -2.22. The number of nitrogens with one attached hydrogen (secondary N) is 2. The Morgan fingerprint density at radius 1 is 1.16 bits per heavy atom. The Morgan fingerprint density at radius 2 is 1.91 bits per heavy atom. The molecule has 1 aromatic carbocycles. The highest BCUT2D eigenvalue weighted by atomic mass is 19.4. The van der Waals surface area contributed by atoms with Crippen LogP contribution in [0.5, 0.6) is 0 Å². The van der Waals surface area contributed by atoms with Crippen molar-refractivity contribution in [2.24, 2.45) is 5.10 Å². The number of aromatic nitrogens is 1. The van der Waals surface area contributed by atoms with Gasteiger partial charge >= 0.3 is 12.1 Å². The first kappa shape index (κ1) is 23.0. The van der Waals surface area contributed by atoms with Gasteiger partial charge in [0.15, 0.2) is 0 Å². The average molecular weight is 449 g/mol. The summed E-state index contributed by atoms with van der Waals surface area (Å²) >= 11 is 0. The topological polar surface area (TPSA) is 95.9 Å². The van der Waals surface area contributed by atoms with E-state index in [0.717, 1.165) is 12.3 Å². The SMILES string of the molecule is CCOC(=O)C1=NN(c2ccccc2)C(C(=O)NCCNc2ccc(C(F)(F)F)cn2)C1. The van der Waals surface area contributed by atoms with Gasteiger partial charge in [-0.15, -0.1) is 0 Å². The summed E-state index contributed by atoms with van der Waals surface area (Å²) in [5.74, 6) is -0.662. The van der Waals surface area contributed by atoms with Crippen LogP contribution in [0.3, 0.4) is 0 Å². The van der Waals surface area contributed by atoms with Crippen molar-refractivity contribution < 1.29 is 27.5 Å². The smallest absolute Gasteiger partial charge is 0.417 e. The van der Waals surface area contributed by atoms with E-state index in [4.69, 9.17) is 4.74 Å². The van der Waals surface area contributed by atoms with Crippen LogP contribution < -0.4 is 15.6 Å². The van der Waals surface area contributed by atoms with E-state index in [1.165, 1.54) is 11.1 Å². The van der Waals surface area contributed by atoms with Crippen molar-refractivity contribution in [1.29, 1.82) is 0 Å². The van der Waals surface area contributed by atoms with Crippen LogP contribution in [0.4, 0.5) is 24.7 Å². The van der Waals surface area contributed by atoms with E-state index in [2.05, 4.69) is 20.7 Å². The van der Waals surface area contributed by atoms with Crippen LogP contribution in [0.1, 0.15) is 18.9 Å². The number of ether oxygens (including phenoxy) is 1. The minimum Gasteiger partial charge on any atom is -0.461 e. The summed E-state index contributed by atoms with van der Waals surface area (Å²) < 4.78 is 42.8. The molecule has 1 aliphatic rings. The number of pyridine rings is 1. The predicted molar refractivity (Wildman–Crippen MR) is 112 cm³/mol. The van der Waals surface area contributed by atoms with Gasteiger partial charge in [0.05, 0.1) is 17.9 Å². The molecule has 0 fully saturated rings. The van der Waals surface area contributed by atoms with Gasteiger partial charge in [-0.05, 0) is 31.2 Å². The zero-order chi connectivity index (χ0) is 23.1. The maximum Gasteiger partial charge on any atom is 0.417 e. The van der Waals surface area contributed by atoms with Crippen LogP contribution in [0, 0.1) is 0 Å². The number of carbonyl (C=O) groups excluding carboxylic acids is 2. The number of hydrogen-bond acceptors (Lipinski definition) is 7. The summed E-state index contributed by atoms with van der Waals surface area (Å²) in [6.07, 6.45) is -3.62. The van der Waals surface area contributed by atoms with Crippen molar-refractivity contribution in [1.82, 2.24) is 10.3 Å². The highest BCUT2D eigenvalue weighted by Crippen LogP contribution is 2.29. The lowest BCUT2D eigenvalue weighted by molar-refractivity contribution is -0.138. The number of hydrazone groups is 1. The van der Waals surface area contributed by atoms with Crippen LogP contribution in [0.15, 0.2) is 53.8 Å². The first-order chi connectivity index (χ1) is 15.3. The molecular formula is C21H22F3N5O3. The molecule has 0 radical (unpaired) electrons. The summed E-state index contributed by atoms with van der Waals surface area (Å²) in [4.78, 5) is 28.6. The Bertz CT molecular complexity index is 965. The molecule has 8 nitrogen and oxygen atoms in total. The Morgan fingerprint density at radius 3 is 2.53 bits per heavy atom. The van der Waals surface area contributed by atoms with Gasteiger partial charge in [0, 0.05) is 25.7 Å². The molecule has 0 spiro atoms. The van der Waals surface area contributed by atoms with Gasteiger partial charge in [0.25, 0.3) is 0 Å². The summed E-state index contributed by atoms with van der Waals surface area (Å²) in [7, 11) is 0. The maximum atomic E-state index is 12.8. The van der Waals surface area contributed by atoms with Gasteiger partial charge in [0.1, 0.15) is 17.6 Å². The number of rotatable bonds is 8. The number of nitrogens with zero attached hydrogens (tertiary/aromatic N) is 3. The highest BCUT2D eigenvalue weighted by molar-refractivity contribution is 6.38. The Labute approximate surface area is 182 Å². The minimum atomic E-state index is -4.45. The second kappa shape index (κ2) is 10.1. The van der Waals surface area contributed by atoms with Gasteiger partial charge in [-0.1, -0.05) is 18.2 Å². The first-order valence-corrected chi connectivity index (χ1v) is 9.93. The molecule has 0 aliphatic carbocycles. The second-order valence-electron chi connectivity index (χ2n) is 6.81. The number of benzene rings is 1. The quantitative estimate of drug-likeness (QED) is 0.475. The highest BCUT2D eigenvalue weighted by Gasteiger charge is 2.36. The summed E-state index contributed by atoms with van der Waals surface area (Å²) in [6, 6.07) is 10.4. The number of hydrogen-bond donors (Lipinski definition) is 2. The van der Waals surface area contributed by atoms with Crippen LogP contribution in [-0.2, 0) is 20.5 Å². The van der Waals surface area contributed by atoms with Crippen molar-refractivity contribution in [3.8, 4) is 0 Å². The molecule has 2 heterocycles. The third-order valence-electron chi connectivity index (χ3n) is 4.57. The monoisotopic (exact) mass is 449 g/mol. The number of alkyl halides is 3. The number of carbonyl (C=O) groups is 2. The molecule has 1 unspecified atom stereocenters. The number of esters is 1. The second-order valence-corrected chi connectivity index (χ2v) is 6.81. The van der Waals surface area contributed by atoms with E-state index in [9.17, 15) is 22.8 Å². The third kappa shape index (κ3) is 5.74. The van der Waals surface area contributed by atoms with Crippen LogP contribution in [-0.4, -0.2) is 48.3 Å². The van der Waals surface area contributed by atoms with Gasteiger partial charge in [-0.3, -0.25) is 9.80 Å². The standard InChI is InChI=1S/C21H22F3N5O3/c1-2-32-20(31)16-12-17(29(28-16)15-6-4-3-5-7-15)19(30)26-11-10-25-18-9-8-14(13-27-18)21(22,23)24/h3-9,13,17H,2,10-12H2,1H3,(H,25,27)(H,26,30). The lowest BCUT2D eigenvalue weighted by Crippen LogP contribution is -2.44. The Kier molecular flexibility index (Phi) is 7.29. The molecule has 1 amide bonds. The van der Waals surface area contributed by atoms with Crippen molar-refractivity contribution in [2.75, 3.05) is 30.0 Å². The fourth-order valence-corrected chi connectivity index (χ4v) is 3.03. The molecule has 0 saturated carbocycles. The van der Waals surface area contributed by atoms with E-state index in [1.807, 2.05) is 6.07 Å². The summed E-state index contributed by atoms with van der Waals surface area (Å²) in [5.41, 5.74) is -0.0297. The predicted octanol–water partition coefficient (Wildman–Crippen LogP) is 2.83. The van der Waals surface area contributed by atoms with Gasteiger partial charge in [-0.25, -0.2) is 9.78 Å². The Balaban J connectivity index is 1.56. The molecule has 170 valence electrons. The van der Waals surface area contributed by atoms with Gasteiger partial charge < -0.3 is 15.4 Å². The molecule has 1 aliphatic heterocycles. The number of amides is 1. The molecule has 32 heavy (non-hydrogen) atoms. The number of anilines is 2. The zero-order valence-electron chi connectivity index (χ0n) is 17.2. The van der Waals surface area contributed by atoms with Crippen molar-refractivity contribution in [2.45, 2.75) is 25.6 Å². The van der Waals surface area contributed by atoms with E-state index < -0.39 is 23.8 Å². The van der Waals surface area contributed by atoms with Crippen LogP contribution in [0.2, 0.25) is 0 Å². The van der Waals surface area contributed by atoms with Crippen LogP contribution >= 0.6 is 0 Å². The van der Waals surface area contributed by atoms with Crippen molar-refractivity contribution >= 4 is 29.1 Å². The average Bonchev–Trinajstić information content (AvgIpc) is 3.23. The van der Waals surface area contributed by atoms with Crippen molar-refractivity contribution in [3.05, 3.63) is 54.2 Å². The van der Waals surface area contributed by atoms with Gasteiger partial charge in [-0.2, -0.15) is 18.3 Å². The molecule has 11 heteroatoms. The summed E-state index contributed by atoms with van der Waals surface area (Å²) in [6.45, 7) is 2.32. The maximum absolute atomic E-state index is 12.8. The molecule has 3 rings (SSSR count). The lowest BCUT2D eigenvalue weighted by atomic mass is 10.1. The molecular weight excluding hydrogens is 427 g/mol. The third-order valence-corrected chi connectivity index (χ3v) is 4.57. The molecule has 0 bridgehead atoms. The zero-order valence-corrected chi connectivity index (χ0v) is 17.2. The number of halogens is 3. The molecule has 1 atom stereocenters. The molecule has 1 aromatic heterocycles. The fourth-order valence-electron chi connectivity index (χ4n) is 3.03. The molecule has 2 N–H and O–H groups in total. The molecule has 2 aromatic rings. The first-order valence-electron chi connectivity index (χ1n) is 9.93. The normalized spacial score (nSPS) is 15.8. The van der Waals surface area contributed by atoms with Crippen LogP contribution in [0.25, 0.3) is 0 Å². The minimum absolute atomic E-state index is 0.0907. The summed E-state index contributed by atoms with van der Waals surface area (Å²) in [5, 5.41) is 11.4. The van der Waals surface area contributed by atoms with E-state index in [-0.39, 0.29) is 43.6 Å².